The third-order valence-electron chi connectivity index (χ3n) is 7.53. The van der Waals surface area contributed by atoms with E-state index in [2.05, 4.69) is 16.0 Å². The molecular formula is C38H25Cl2N3O5S. The van der Waals surface area contributed by atoms with Gasteiger partial charge in [0.1, 0.15) is 5.70 Å². The Morgan fingerprint density at radius 2 is 1.27 bits per heavy atom. The van der Waals surface area contributed by atoms with Gasteiger partial charge in [-0.1, -0.05) is 83.9 Å². The molecule has 0 spiro atoms. The molecule has 6 rings (SSSR count). The first-order chi connectivity index (χ1) is 23.7. The zero-order valence-corrected chi connectivity index (χ0v) is 27.8. The topological polar surface area (TPSA) is 121 Å². The molecule has 0 heterocycles. The molecule has 0 aliphatic heterocycles. The van der Waals surface area contributed by atoms with Crippen molar-refractivity contribution in [1.82, 2.24) is 5.32 Å². The summed E-state index contributed by atoms with van der Waals surface area (Å²) in [5.41, 5.74) is 2.42. The number of carbonyl (C=O) groups is 5. The van der Waals surface area contributed by atoms with Gasteiger partial charge >= 0.3 is 0 Å². The fourth-order valence-electron chi connectivity index (χ4n) is 5.15. The van der Waals surface area contributed by atoms with E-state index in [0.717, 1.165) is 4.90 Å². The van der Waals surface area contributed by atoms with Crippen LogP contribution in [0.1, 0.15) is 47.8 Å². The second-order valence-corrected chi connectivity index (χ2v) is 12.6. The van der Waals surface area contributed by atoms with Crippen LogP contribution in [-0.4, -0.2) is 35.0 Å². The molecule has 0 bridgehead atoms. The Kier molecular flexibility index (Phi) is 10.1. The summed E-state index contributed by atoms with van der Waals surface area (Å²) in [4.78, 5) is 66.3. The SMILES string of the molecule is O=C(CSc1ccc(NC(=O)/C(=C/c2c(Cl)cccc2Cl)NC(=O)c2ccccc2)cc1)Nc1cccc2c1C(=O)c1ccccc1C2=O. The lowest BCUT2D eigenvalue weighted by atomic mass is 9.83. The van der Waals surface area contributed by atoms with Crippen LogP contribution in [0.3, 0.4) is 0 Å². The van der Waals surface area contributed by atoms with E-state index in [1.54, 1.807) is 115 Å². The molecule has 1 aliphatic carbocycles. The molecule has 0 radical (unpaired) electrons. The number of hydrogen-bond acceptors (Lipinski definition) is 6. The highest BCUT2D eigenvalue weighted by atomic mass is 35.5. The highest BCUT2D eigenvalue weighted by molar-refractivity contribution is 8.00. The van der Waals surface area contributed by atoms with Crippen LogP contribution in [0.15, 0.2) is 126 Å². The van der Waals surface area contributed by atoms with Crippen molar-refractivity contribution in [2.45, 2.75) is 4.90 Å². The summed E-state index contributed by atoms with van der Waals surface area (Å²) in [5, 5.41) is 8.80. The van der Waals surface area contributed by atoms with Crippen molar-refractivity contribution in [1.29, 1.82) is 0 Å². The third-order valence-corrected chi connectivity index (χ3v) is 9.20. The average Bonchev–Trinajstić information content (AvgIpc) is 3.11. The summed E-state index contributed by atoms with van der Waals surface area (Å²) in [7, 11) is 0. The molecule has 242 valence electrons. The van der Waals surface area contributed by atoms with Crippen LogP contribution in [0.5, 0.6) is 0 Å². The highest BCUT2D eigenvalue weighted by Crippen LogP contribution is 2.32. The first kappa shape index (κ1) is 33.4. The van der Waals surface area contributed by atoms with E-state index in [0.29, 0.717) is 38.0 Å². The van der Waals surface area contributed by atoms with Gasteiger partial charge in [-0.2, -0.15) is 0 Å². The molecule has 0 aromatic heterocycles. The lowest BCUT2D eigenvalue weighted by molar-refractivity contribution is -0.114. The molecule has 3 amide bonds. The molecule has 0 fully saturated rings. The maximum atomic E-state index is 13.4. The number of amides is 3. The Bertz CT molecular complexity index is 2150. The largest absolute Gasteiger partial charge is 0.325 e. The predicted octanol–water partition coefficient (Wildman–Crippen LogP) is 7.91. The quantitative estimate of drug-likeness (QED) is 0.104. The van der Waals surface area contributed by atoms with E-state index in [-0.39, 0.29) is 45.7 Å². The van der Waals surface area contributed by atoms with Gasteiger partial charge in [0, 0.05) is 48.4 Å². The zero-order valence-electron chi connectivity index (χ0n) is 25.5. The van der Waals surface area contributed by atoms with Gasteiger partial charge in [0.25, 0.3) is 11.8 Å². The van der Waals surface area contributed by atoms with E-state index in [4.69, 9.17) is 23.2 Å². The Morgan fingerprint density at radius 1 is 0.653 bits per heavy atom. The first-order valence-electron chi connectivity index (χ1n) is 14.9. The fraction of sp³-hybridized carbons (Fsp3) is 0.0263. The summed E-state index contributed by atoms with van der Waals surface area (Å²) in [5.74, 6) is -2.04. The molecule has 1 aliphatic rings. The lowest BCUT2D eigenvalue weighted by Gasteiger charge is -2.20. The minimum atomic E-state index is -0.609. The minimum absolute atomic E-state index is 0.0189. The van der Waals surface area contributed by atoms with Gasteiger partial charge in [-0.25, -0.2) is 0 Å². The smallest absolute Gasteiger partial charge is 0.272 e. The van der Waals surface area contributed by atoms with E-state index in [1.165, 1.54) is 17.8 Å². The van der Waals surface area contributed by atoms with Crippen molar-refractivity contribution in [2.24, 2.45) is 0 Å². The van der Waals surface area contributed by atoms with Crippen molar-refractivity contribution in [3.8, 4) is 0 Å². The number of ketones is 2. The fourth-order valence-corrected chi connectivity index (χ4v) is 6.36. The summed E-state index contributed by atoms with van der Waals surface area (Å²) in [6.45, 7) is 0. The van der Waals surface area contributed by atoms with Crippen molar-refractivity contribution in [3.63, 3.8) is 0 Å². The monoisotopic (exact) mass is 705 g/mol. The maximum absolute atomic E-state index is 13.4. The number of carbonyl (C=O) groups excluding carboxylic acids is 5. The number of thioether (sulfide) groups is 1. The van der Waals surface area contributed by atoms with E-state index in [1.807, 2.05) is 0 Å². The second kappa shape index (κ2) is 14.7. The van der Waals surface area contributed by atoms with Gasteiger partial charge in [0.15, 0.2) is 11.6 Å². The van der Waals surface area contributed by atoms with Crippen LogP contribution >= 0.6 is 35.0 Å². The molecule has 8 nitrogen and oxygen atoms in total. The predicted molar refractivity (Wildman–Crippen MR) is 193 cm³/mol. The number of halogens is 2. The standard InChI is InChI=1S/C38H25Cl2N3O5S/c39-29-13-7-14-30(40)28(29)20-32(43-37(47)22-8-2-1-3-9-22)38(48)41-23-16-18-24(19-17-23)49-21-33(44)42-31-15-6-12-27-34(31)36(46)26-11-5-4-10-25(26)35(27)45/h1-20H,21H2,(H,41,48)(H,42,44)(H,43,47)/b32-20-. The first-order valence-corrected chi connectivity index (χ1v) is 16.6. The van der Waals surface area contributed by atoms with Crippen LogP contribution < -0.4 is 16.0 Å². The van der Waals surface area contributed by atoms with Gasteiger partial charge in [-0.05, 0) is 60.7 Å². The minimum Gasteiger partial charge on any atom is -0.325 e. The molecule has 5 aromatic rings. The Labute approximate surface area is 295 Å². The van der Waals surface area contributed by atoms with Crippen LogP contribution in [-0.2, 0) is 9.59 Å². The van der Waals surface area contributed by atoms with Gasteiger partial charge in [0.05, 0.1) is 17.0 Å². The molecule has 0 atom stereocenters. The third kappa shape index (κ3) is 7.49. The summed E-state index contributed by atoms with van der Waals surface area (Å²) >= 11 is 13.9. The number of anilines is 2. The Hall–Kier alpha value is -5.48. The lowest BCUT2D eigenvalue weighted by Crippen LogP contribution is -2.30. The number of fused-ring (bicyclic) bond motifs is 2. The molecule has 5 aromatic carbocycles. The zero-order chi connectivity index (χ0) is 34.5. The van der Waals surface area contributed by atoms with Crippen LogP contribution in [0.25, 0.3) is 6.08 Å². The van der Waals surface area contributed by atoms with E-state index >= 15 is 0 Å². The van der Waals surface area contributed by atoms with Crippen molar-refractivity contribution in [2.75, 3.05) is 16.4 Å². The average molecular weight is 707 g/mol. The van der Waals surface area contributed by atoms with Gasteiger partial charge in [-0.3, -0.25) is 24.0 Å². The number of nitrogens with one attached hydrogen (secondary N) is 3. The van der Waals surface area contributed by atoms with Gasteiger partial charge in [-0.15, -0.1) is 11.8 Å². The van der Waals surface area contributed by atoms with Crippen LogP contribution in [0.4, 0.5) is 11.4 Å². The van der Waals surface area contributed by atoms with Crippen LogP contribution in [0.2, 0.25) is 10.0 Å². The summed E-state index contributed by atoms with van der Waals surface area (Å²) in [6, 6.07) is 31.6. The number of rotatable bonds is 9. The summed E-state index contributed by atoms with van der Waals surface area (Å²) < 4.78 is 0. The van der Waals surface area contributed by atoms with E-state index in [9.17, 15) is 24.0 Å². The maximum Gasteiger partial charge on any atom is 0.272 e. The number of hydrogen-bond donors (Lipinski definition) is 3. The molecule has 11 heteroatoms. The second-order valence-electron chi connectivity index (χ2n) is 10.8. The van der Waals surface area contributed by atoms with E-state index < -0.39 is 11.8 Å². The molecular weight excluding hydrogens is 681 g/mol. The normalized spacial score (nSPS) is 12.1. The summed E-state index contributed by atoms with van der Waals surface area (Å²) in [6.07, 6.45) is 1.41. The number of benzene rings is 5. The molecule has 49 heavy (non-hydrogen) atoms. The van der Waals surface area contributed by atoms with Crippen molar-refractivity contribution < 1.29 is 24.0 Å². The molecule has 0 saturated carbocycles. The van der Waals surface area contributed by atoms with Gasteiger partial charge < -0.3 is 16.0 Å². The molecule has 3 N–H and O–H groups in total. The molecule has 0 saturated heterocycles. The van der Waals surface area contributed by atoms with Gasteiger partial charge in [0.2, 0.25) is 5.91 Å². The van der Waals surface area contributed by atoms with Crippen LogP contribution in [0, 0.1) is 0 Å². The Morgan fingerprint density at radius 3 is 1.96 bits per heavy atom. The van der Waals surface area contributed by atoms with Crippen molar-refractivity contribution in [3.05, 3.63) is 164 Å². The highest BCUT2D eigenvalue weighted by Gasteiger charge is 2.31. The Balaban J connectivity index is 1.12. The van der Waals surface area contributed by atoms with Crippen molar-refractivity contribution >= 4 is 81.7 Å². The molecule has 0 unspecified atom stereocenters.